The number of methoxy groups -OCH3 is 1. The van der Waals surface area contributed by atoms with Crippen LogP contribution in [0.3, 0.4) is 0 Å². The number of halogens is 1. The zero-order chi connectivity index (χ0) is 21.7. The van der Waals surface area contributed by atoms with Crippen molar-refractivity contribution in [1.82, 2.24) is 0 Å². The van der Waals surface area contributed by atoms with Crippen molar-refractivity contribution >= 4 is 38.9 Å². The van der Waals surface area contributed by atoms with E-state index >= 15 is 0 Å². The van der Waals surface area contributed by atoms with Crippen LogP contribution in [-0.4, -0.2) is 28.0 Å². The second kappa shape index (κ2) is 9.19. The van der Waals surface area contributed by atoms with E-state index in [1.54, 1.807) is 49.4 Å². The van der Waals surface area contributed by atoms with Gasteiger partial charge in [-0.1, -0.05) is 29.8 Å². The van der Waals surface area contributed by atoms with E-state index in [0.717, 1.165) is 0 Å². The number of ether oxygens (including phenoxy) is 1. The highest BCUT2D eigenvalue weighted by Crippen LogP contribution is 2.28. The van der Waals surface area contributed by atoms with Crippen LogP contribution in [0.1, 0.15) is 17.3 Å². The molecule has 0 aliphatic carbocycles. The number of hydrogen-bond donors (Lipinski definition) is 1. The molecule has 0 unspecified atom stereocenters. The van der Waals surface area contributed by atoms with Crippen LogP contribution in [-0.2, 0) is 10.0 Å². The smallest absolute Gasteiger partial charge is 0.264 e. The van der Waals surface area contributed by atoms with E-state index in [1.165, 1.54) is 35.7 Å². The lowest BCUT2D eigenvalue weighted by Crippen LogP contribution is -2.30. The maximum atomic E-state index is 13.0. The van der Waals surface area contributed by atoms with Gasteiger partial charge in [0.05, 0.1) is 22.7 Å². The summed E-state index contributed by atoms with van der Waals surface area (Å²) in [6.07, 6.45) is 0. The lowest BCUT2D eigenvalue weighted by Gasteiger charge is -2.23. The highest BCUT2D eigenvalue weighted by molar-refractivity contribution is 7.92. The summed E-state index contributed by atoms with van der Waals surface area (Å²) in [5.74, 6) is 0.124. The van der Waals surface area contributed by atoms with E-state index in [9.17, 15) is 13.2 Å². The molecule has 0 heterocycles. The number of rotatable bonds is 7. The van der Waals surface area contributed by atoms with E-state index < -0.39 is 10.0 Å². The van der Waals surface area contributed by atoms with Crippen molar-refractivity contribution in [2.45, 2.75) is 11.8 Å². The van der Waals surface area contributed by atoms with Crippen LogP contribution in [0, 0.1) is 0 Å². The highest BCUT2D eigenvalue weighted by atomic mass is 35.5. The molecule has 30 heavy (non-hydrogen) atoms. The van der Waals surface area contributed by atoms with Gasteiger partial charge in [-0.05, 0) is 61.5 Å². The number of nitrogens with zero attached hydrogens (tertiary/aromatic N) is 1. The van der Waals surface area contributed by atoms with Crippen molar-refractivity contribution in [2.24, 2.45) is 0 Å². The quantitative estimate of drug-likeness (QED) is 0.567. The fourth-order valence-electron chi connectivity index (χ4n) is 2.94. The van der Waals surface area contributed by atoms with Crippen LogP contribution < -0.4 is 14.4 Å². The normalized spacial score (nSPS) is 11.0. The van der Waals surface area contributed by atoms with Crippen molar-refractivity contribution in [3.8, 4) is 5.75 Å². The number of anilines is 2. The summed E-state index contributed by atoms with van der Waals surface area (Å²) in [4.78, 5) is 12.6. The van der Waals surface area contributed by atoms with Gasteiger partial charge in [0.2, 0.25) is 0 Å². The third-order valence-electron chi connectivity index (χ3n) is 4.45. The molecule has 0 bridgehead atoms. The summed E-state index contributed by atoms with van der Waals surface area (Å²) >= 11 is 6.08. The van der Waals surface area contributed by atoms with Gasteiger partial charge in [-0.2, -0.15) is 0 Å². The number of para-hydroxylation sites is 1. The zero-order valence-electron chi connectivity index (χ0n) is 16.5. The average molecular weight is 445 g/mol. The maximum Gasteiger partial charge on any atom is 0.264 e. The van der Waals surface area contributed by atoms with Crippen LogP contribution >= 0.6 is 11.6 Å². The maximum absolute atomic E-state index is 13.0. The average Bonchev–Trinajstić information content (AvgIpc) is 2.75. The molecule has 8 heteroatoms. The Hall–Kier alpha value is -3.03. The molecule has 3 rings (SSSR count). The van der Waals surface area contributed by atoms with E-state index in [2.05, 4.69) is 5.32 Å². The van der Waals surface area contributed by atoms with Crippen molar-refractivity contribution in [3.05, 3.63) is 83.4 Å². The molecule has 0 spiro atoms. The monoisotopic (exact) mass is 444 g/mol. The summed E-state index contributed by atoms with van der Waals surface area (Å²) in [5, 5.41) is 3.10. The minimum absolute atomic E-state index is 0.109. The Morgan fingerprint density at radius 1 is 1.03 bits per heavy atom. The Bertz CT molecular complexity index is 1130. The molecule has 1 N–H and O–H groups in total. The molecule has 0 atom stereocenters. The predicted octanol–water partition coefficient (Wildman–Crippen LogP) is 4.82. The number of benzene rings is 3. The molecular weight excluding hydrogens is 424 g/mol. The Morgan fingerprint density at radius 3 is 2.27 bits per heavy atom. The molecule has 0 aliphatic heterocycles. The van der Waals surface area contributed by atoms with Crippen LogP contribution in [0.25, 0.3) is 0 Å². The Kier molecular flexibility index (Phi) is 6.64. The second-order valence-corrected chi connectivity index (χ2v) is 8.60. The molecule has 156 valence electrons. The number of hydrogen-bond acceptors (Lipinski definition) is 4. The fraction of sp³-hybridized carbons (Fsp3) is 0.136. The van der Waals surface area contributed by atoms with E-state index in [-0.39, 0.29) is 17.3 Å². The van der Waals surface area contributed by atoms with Crippen LogP contribution in [0.5, 0.6) is 5.75 Å². The summed E-state index contributed by atoms with van der Waals surface area (Å²) in [7, 11) is -2.24. The van der Waals surface area contributed by atoms with Gasteiger partial charge in [0.25, 0.3) is 15.9 Å². The minimum Gasteiger partial charge on any atom is -0.495 e. The molecule has 3 aromatic carbocycles. The van der Waals surface area contributed by atoms with Crippen molar-refractivity contribution in [2.75, 3.05) is 23.3 Å². The Labute approximate surface area is 181 Å². The van der Waals surface area contributed by atoms with Gasteiger partial charge < -0.3 is 10.1 Å². The molecule has 0 radical (unpaired) electrons. The number of nitrogens with one attached hydrogen (secondary N) is 1. The predicted molar refractivity (Wildman–Crippen MR) is 119 cm³/mol. The molecule has 0 aromatic heterocycles. The van der Waals surface area contributed by atoms with Crippen LogP contribution in [0.15, 0.2) is 77.7 Å². The Balaban J connectivity index is 1.80. The summed E-state index contributed by atoms with van der Waals surface area (Å²) in [5.41, 5.74) is 1.41. The number of carbonyl (C=O) groups excluding carboxylic acids is 1. The first-order valence-electron chi connectivity index (χ1n) is 9.19. The molecule has 0 aliphatic rings. The summed E-state index contributed by atoms with van der Waals surface area (Å²) in [6.45, 7) is 2.05. The highest BCUT2D eigenvalue weighted by Gasteiger charge is 2.23. The van der Waals surface area contributed by atoms with Crippen LogP contribution in [0.4, 0.5) is 11.4 Å². The van der Waals surface area contributed by atoms with Crippen molar-refractivity contribution in [3.63, 3.8) is 0 Å². The largest absolute Gasteiger partial charge is 0.495 e. The number of amides is 1. The molecule has 0 saturated carbocycles. The van der Waals surface area contributed by atoms with Crippen molar-refractivity contribution in [1.29, 1.82) is 0 Å². The Morgan fingerprint density at radius 2 is 1.70 bits per heavy atom. The van der Waals surface area contributed by atoms with E-state index in [4.69, 9.17) is 16.3 Å². The first-order valence-corrected chi connectivity index (χ1v) is 11.0. The van der Waals surface area contributed by atoms with Crippen molar-refractivity contribution < 1.29 is 17.9 Å². The standard InChI is InChI=1S/C22H21ClN2O4S/c1-3-25(18-7-5-4-6-8-18)30(27,28)19-12-9-16(10-13-19)22(26)24-17-11-14-21(29-2)20(23)15-17/h4-15H,3H2,1-2H3,(H,24,26). The first kappa shape index (κ1) is 21.7. The van der Waals surface area contributed by atoms with E-state index in [1.807, 2.05) is 6.07 Å². The third kappa shape index (κ3) is 4.58. The van der Waals surface area contributed by atoms with Gasteiger partial charge in [-0.25, -0.2) is 8.42 Å². The van der Waals surface area contributed by atoms with Gasteiger partial charge in [0.1, 0.15) is 5.75 Å². The summed E-state index contributed by atoms with van der Waals surface area (Å²) in [6, 6.07) is 19.6. The van der Waals surface area contributed by atoms with Crippen LogP contribution in [0.2, 0.25) is 5.02 Å². The second-order valence-electron chi connectivity index (χ2n) is 6.33. The van der Waals surface area contributed by atoms with Gasteiger partial charge in [0.15, 0.2) is 0 Å². The fourth-order valence-corrected chi connectivity index (χ4v) is 4.67. The number of sulfonamides is 1. The van der Waals surface area contributed by atoms with Gasteiger partial charge in [0, 0.05) is 17.8 Å². The van der Waals surface area contributed by atoms with Gasteiger partial charge >= 0.3 is 0 Å². The minimum atomic E-state index is -3.75. The molecule has 1 amide bonds. The molecule has 0 saturated heterocycles. The zero-order valence-corrected chi connectivity index (χ0v) is 18.1. The molecular formula is C22H21ClN2O4S. The summed E-state index contributed by atoms with van der Waals surface area (Å²) < 4.78 is 32.5. The topological polar surface area (TPSA) is 75.7 Å². The lowest BCUT2D eigenvalue weighted by molar-refractivity contribution is 0.102. The van der Waals surface area contributed by atoms with Gasteiger partial charge in [-0.3, -0.25) is 9.10 Å². The molecule has 3 aromatic rings. The number of carbonyl (C=O) groups is 1. The lowest BCUT2D eigenvalue weighted by atomic mass is 10.2. The van der Waals surface area contributed by atoms with E-state index in [0.29, 0.717) is 27.7 Å². The third-order valence-corrected chi connectivity index (χ3v) is 6.66. The molecule has 6 nitrogen and oxygen atoms in total. The first-order chi connectivity index (χ1) is 14.4. The molecule has 0 fully saturated rings. The van der Waals surface area contributed by atoms with Gasteiger partial charge in [-0.15, -0.1) is 0 Å². The SMILES string of the molecule is CCN(c1ccccc1)S(=O)(=O)c1ccc(C(=O)Nc2ccc(OC)c(Cl)c2)cc1.